The number of amides is 1. The molecule has 2 aromatic rings. The normalized spacial score (nSPS) is 10.5. The first kappa shape index (κ1) is 22.6. The molecule has 0 saturated carbocycles. The van der Waals surface area contributed by atoms with Crippen molar-refractivity contribution in [2.45, 2.75) is 12.8 Å². The third kappa shape index (κ3) is 5.91. The molecule has 0 bridgehead atoms. The minimum Gasteiger partial charge on any atom is -0.495 e. The summed E-state index contributed by atoms with van der Waals surface area (Å²) in [5, 5.41) is 11.4. The molecule has 0 aliphatic carbocycles. The average molecular weight is 415 g/mol. The number of aliphatic carboxylic acids is 1. The van der Waals surface area contributed by atoms with Gasteiger partial charge in [0.1, 0.15) is 5.75 Å². The third-order valence-corrected chi connectivity index (χ3v) is 4.22. The van der Waals surface area contributed by atoms with Crippen molar-refractivity contribution >= 4 is 29.7 Å². The van der Waals surface area contributed by atoms with E-state index < -0.39 is 11.9 Å². The molecule has 0 unspecified atom stereocenters. The molecule has 2 rings (SSSR count). The van der Waals surface area contributed by atoms with Crippen LogP contribution in [-0.2, 0) is 9.59 Å². The number of carbonyl (C=O) groups is 2. The van der Waals surface area contributed by atoms with E-state index in [-0.39, 0.29) is 12.8 Å². The predicted molar refractivity (Wildman–Crippen MR) is 114 cm³/mol. The number of carbonyl (C=O) groups excluding carboxylic acids is 1. The number of ether oxygens (including phenoxy) is 4. The van der Waals surface area contributed by atoms with Gasteiger partial charge in [-0.1, -0.05) is 18.2 Å². The van der Waals surface area contributed by atoms with Crippen LogP contribution in [0.15, 0.2) is 30.3 Å². The zero-order valence-corrected chi connectivity index (χ0v) is 17.4. The smallest absolute Gasteiger partial charge is 0.303 e. The first-order valence-electron chi connectivity index (χ1n) is 9.09. The van der Waals surface area contributed by atoms with Crippen molar-refractivity contribution in [2.24, 2.45) is 0 Å². The van der Waals surface area contributed by atoms with Gasteiger partial charge in [-0.2, -0.15) is 0 Å². The van der Waals surface area contributed by atoms with E-state index in [1.54, 1.807) is 33.5 Å². The highest BCUT2D eigenvalue weighted by molar-refractivity contribution is 5.94. The van der Waals surface area contributed by atoms with Crippen molar-refractivity contribution in [3.63, 3.8) is 0 Å². The Bertz CT molecular complexity index is 912. The number of carboxylic acid groups (broad SMARTS) is 1. The lowest BCUT2D eigenvalue weighted by Gasteiger charge is -2.13. The van der Waals surface area contributed by atoms with Gasteiger partial charge in [-0.15, -0.1) is 0 Å². The van der Waals surface area contributed by atoms with Crippen molar-refractivity contribution < 1.29 is 33.6 Å². The highest BCUT2D eigenvalue weighted by atomic mass is 16.5. The highest BCUT2D eigenvalue weighted by Crippen LogP contribution is 2.38. The van der Waals surface area contributed by atoms with Crippen LogP contribution in [0.2, 0.25) is 0 Å². The zero-order chi connectivity index (χ0) is 22.1. The van der Waals surface area contributed by atoms with Gasteiger partial charge in [0.05, 0.1) is 40.5 Å². The molecule has 0 fully saturated rings. The van der Waals surface area contributed by atoms with E-state index in [1.807, 2.05) is 30.4 Å². The van der Waals surface area contributed by atoms with E-state index in [9.17, 15) is 9.59 Å². The molecular weight excluding hydrogens is 390 g/mol. The van der Waals surface area contributed by atoms with E-state index in [4.69, 9.17) is 24.1 Å². The van der Waals surface area contributed by atoms with E-state index in [0.29, 0.717) is 28.7 Å². The Balaban J connectivity index is 2.27. The Hall–Kier alpha value is -3.68. The van der Waals surface area contributed by atoms with Gasteiger partial charge < -0.3 is 29.4 Å². The number of methoxy groups -OCH3 is 4. The minimum atomic E-state index is -1.03. The summed E-state index contributed by atoms with van der Waals surface area (Å²) in [6.45, 7) is 0. The fourth-order valence-corrected chi connectivity index (χ4v) is 2.75. The molecule has 0 spiro atoms. The predicted octanol–water partition coefficient (Wildman–Crippen LogP) is 3.69. The molecule has 0 heterocycles. The van der Waals surface area contributed by atoms with Crippen molar-refractivity contribution in [1.29, 1.82) is 0 Å². The monoisotopic (exact) mass is 415 g/mol. The zero-order valence-electron chi connectivity index (χ0n) is 17.4. The van der Waals surface area contributed by atoms with Crippen molar-refractivity contribution in [3.8, 4) is 23.0 Å². The van der Waals surface area contributed by atoms with Crippen molar-refractivity contribution in [3.05, 3.63) is 41.5 Å². The number of anilines is 1. The number of hydrogen-bond acceptors (Lipinski definition) is 6. The van der Waals surface area contributed by atoms with Crippen LogP contribution in [0.1, 0.15) is 24.0 Å². The summed E-state index contributed by atoms with van der Waals surface area (Å²) in [4.78, 5) is 22.6. The molecule has 160 valence electrons. The Morgan fingerprint density at radius 3 is 1.97 bits per heavy atom. The largest absolute Gasteiger partial charge is 0.495 e. The molecule has 0 aliphatic rings. The van der Waals surface area contributed by atoms with Crippen LogP contribution in [0.4, 0.5) is 5.69 Å². The lowest BCUT2D eigenvalue weighted by Crippen LogP contribution is -2.13. The number of rotatable bonds is 10. The summed E-state index contributed by atoms with van der Waals surface area (Å²) in [6, 6.07) is 8.93. The SMILES string of the molecule is COc1ccc(/C=C/c2cc(OC)c(OC)c(OC)c2)cc1NC(=O)CCC(=O)O. The molecule has 8 heteroatoms. The maximum atomic E-state index is 12.0. The molecule has 1 amide bonds. The second kappa shape index (κ2) is 10.8. The Labute approximate surface area is 175 Å². The van der Waals surface area contributed by atoms with Crippen molar-refractivity contribution in [2.75, 3.05) is 33.8 Å². The third-order valence-electron chi connectivity index (χ3n) is 4.22. The molecule has 2 N–H and O–H groups in total. The summed E-state index contributed by atoms with van der Waals surface area (Å²) in [7, 11) is 6.13. The Morgan fingerprint density at radius 2 is 1.43 bits per heavy atom. The second-order valence-corrected chi connectivity index (χ2v) is 6.19. The van der Waals surface area contributed by atoms with Crippen LogP contribution in [0.5, 0.6) is 23.0 Å². The van der Waals surface area contributed by atoms with Gasteiger partial charge in [0, 0.05) is 6.42 Å². The van der Waals surface area contributed by atoms with Gasteiger partial charge in [-0.25, -0.2) is 0 Å². The molecule has 0 saturated heterocycles. The lowest BCUT2D eigenvalue weighted by atomic mass is 10.1. The van der Waals surface area contributed by atoms with Crippen LogP contribution in [0, 0.1) is 0 Å². The molecule has 0 radical (unpaired) electrons. The second-order valence-electron chi connectivity index (χ2n) is 6.19. The molecule has 8 nitrogen and oxygen atoms in total. The summed E-state index contributed by atoms with van der Waals surface area (Å²) >= 11 is 0. The standard InChI is InChI=1S/C22H25NO7/c1-27-17-8-7-14(11-16(17)23-20(24)9-10-21(25)26)5-6-15-12-18(28-2)22(30-4)19(13-15)29-3/h5-8,11-13H,9-10H2,1-4H3,(H,23,24)(H,25,26)/b6-5+. The minimum absolute atomic E-state index is 0.121. The van der Waals surface area contributed by atoms with E-state index in [0.717, 1.165) is 11.1 Å². The first-order valence-corrected chi connectivity index (χ1v) is 9.09. The van der Waals surface area contributed by atoms with Crippen LogP contribution in [-0.4, -0.2) is 45.4 Å². The maximum Gasteiger partial charge on any atom is 0.303 e. The molecular formula is C22H25NO7. The van der Waals surface area contributed by atoms with E-state index in [2.05, 4.69) is 5.32 Å². The lowest BCUT2D eigenvalue weighted by molar-refractivity contribution is -0.138. The van der Waals surface area contributed by atoms with Gasteiger partial charge in [0.25, 0.3) is 0 Å². The molecule has 0 atom stereocenters. The Kier molecular flexibility index (Phi) is 8.10. The molecule has 2 aromatic carbocycles. The molecule has 0 aromatic heterocycles. The van der Waals surface area contributed by atoms with E-state index in [1.165, 1.54) is 7.11 Å². The summed E-state index contributed by atoms with van der Waals surface area (Å²) in [5.74, 6) is 0.632. The number of hydrogen-bond donors (Lipinski definition) is 2. The Morgan fingerprint density at radius 1 is 0.833 bits per heavy atom. The number of carboxylic acids is 1. The average Bonchev–Trinajstić information content (AvgIpc) is 2.75. The number of benzene rings is 2. The van der Waals surface area contributed by atoms with Gasteiger partial charge in [0.15, 0.2) is 11.5 Å². The molecule has 0 aliphatic heterocycles. The summed E-state index contributed by atoms with van der Waals surface area (Å²) in [5.41, 5.74) is 2.09. The molecule has 30 heavy (non-hydrogen) atoms. The van der Waals surface area contributed by atoms with E-state index >= 15 is 0 Å². The van der Waals surface area contributed by atoms with Gasteiger partial charge in [-0.3, -0.25) is 9.59 Å². The van der Waals surface area contributed by atoms with Crippen LogP contribution < -0.4 is 24.3 Å². The van der Waals surface area contributed by atoms with Gasteiger partial charge >= 0.3 is 5.97 Å². The highest BCUT2D eigenvalue weighted by Gasteiger charge is 2.13. The van der Waals surface area contributed by atoms with Crippen LogP contribution >= 0.6 is 0 Å². The first-order chi connectivity index (χ1) is 14.4. The van der Waals surface area contributed by atoms with Crippen LogP contribution in [0.25, 0.3) is 12.2 Å². The fourth-order valence-electron chi connectivity index (χ4n) is 2.75. The topological polar surface area (TPSA) is 103 Å². The van der Waals surface area contributed by atoms with Gasteiger partial charge in [0.2, 0.25) is 11.7 Å². The summed E-state index contributed by atoms with van der Waals surface area (Å²) < 4.78 is 21.3. The summed E-state index contributed by atoms with van der Waals surface area (Å²) in [6.07, 6.45) is 3.36. The maximum absolute atomic E-state index is 12.0. The number of nitrogens with one attached hydrogen (secondary N) is 1. The van der Waals surface area contributed by atoms with Crippen LogP contribution in [0.3, 0.4) is 0 Å². The fraction of sp³-hybridized carbons (Fsp3) is 0.273. The quantitative estimate of drug-likeness (QED) is 0.570. The van der Waals surface area contributed by atoms with Crippen molar-refractivity contribution in [1.82, 2.24) is 0 Å². The van der Waals surface area contributed by atoms with Gasteiger partial charge in [-0.05, 0) is 35.4 Å².